The van der Waals surface area contributed by atoms with Gasteiger partial charge in [0.1, 0.15) is 5.60 Å². The van der Waals surface area contributed by atoms with E-state index in [2.05, 4.69) is 13.8 Å². The van der Waals surface area contributed by atoms with Gasteiger partial charge < -0.3 is 9.64 Å². The molecular weight excluding hydrogens is 412 g/mol. The minimum atomic E-state index is -0.815. The fourth-order valence-electron chi connectivity index (χ4n) is 5.17. The van der Waals surface area contributed by atoms with Crippen LogP contribution in [0.25, 0.3) is 0 Å². The molecule has 6 heteroatoms. The summed E-state index contributed by atoms with van der Waals surface area (Å²) in [6, 6.07) is 14.9. The molecule has 2 heterocycles. The molecule has 0 radical (unpaired) electrons. The van der Waals surface area contributed by atoms with E-state index in [-0.39, 0.29) is 24.0 Å². The third-order valence-corrected chi connectivity index (χ3v) is 6.36. The third-order valence-electron chi connectivity index (χ3n) is 6.12. The summed E-state index contributed by atoms with van der Waals surface area (Å²) in [6.07, 6.45) is 0.191. The number of carbonyl (C=O) groups is 2. The highest BCUT2D eigenvalue weighted by Gasteiger charge is 2.62. The van der Waals surface area contributed by atoms with Crippen LogP contribution in [0.3, 0.4) is 0 Å². The van der Waals surface area contributed by atoms with Crippen LogP contribution in [0.15, 0.2) is 48.5 Å². The molecule has 2 aliphatic rings. The number of hydrogen-bond acceptors (Lipinski definition) is 3. The van der Waals surface area contributed by atoms with Crippen molar-refractivity contribution < 1.29 is 14.3 Å². The van der Waals surface area contributed by atoms with Crippen LogP contribution in [0.1, 0.15) is 46.6 Å². The Hall–Kier alpha value is -2.53. The third kappa shape index (κ3) is 3.49. The molecule has 0 N–H and O–H groups in total. The minimum Gasteiger partial charge on any atom is -0.444 e. The highest BCUT2D eigenvalue weighted by molar-refractivity contribution is 6.31. The lowest BCUT2D eigenvalue weighted by Crippen LogP contribution is -2.53. The van der Waals surface area contributed by atoms with Gasteiger partial charge in [-0.1, -0.05) is 49.7 Å². The van der Waals surface area contributed by atoms with Gasteiger partial charge in [-0.2, -0.15) is 0 Å². The van der Waals surface area contributed by atoms with Crippen molar-refractivity contribution in [3.63, 3.8) is 0 Å². The van der Waals surface area contributed by atoms with Crippen LogP contribution in [-0.4, -0.2) is 35.1 Å². The topological polar surface area (TPSA) is 49.9 Å². The number of nitrogens with zero attached hydrogens (tertiary/aromatic N) is 2. The molecule has 2 aliphatic heterocycles. The Morgan fingerprint density at radius 3 is 2.52 bits per heavy atom. The molecule has 1 saturated heterocycles. The molecule has 2 aromatic rings. The quantitative estimate of drug-likeness (QED) is 0.582. The van der Waals surface area contributed by atoms with Crippen LogP contribution in [0, 0.1) is 5.92 Å². The maximum Gasteiger partial charge on any atom is 0.410 e. The number of fused-ring (bicyclic) bond motifs is 2. The van der Waals surface area contributed by atoms with E-state index in [1.54, 1.807) is 21.9 Å². The summed E-state index contributed by atoms with van der Waals surface area (Å²) in [4.78, 5) is 30.8. The molecule has 164 valence electrons. The predicted molar refractivity (Wildman–Crippen MR) is 123 cm³/mol. The van der Waals surface area contributed by atoms with Gasteiger partial charge in [-0.05, 0) is 62.9 Å². The van der Waals surface area contributed by atoms with Gasteiger partial charge in [0.15, 0.2) is 0 Å². The summed E-state index contributed by atoms with van der Waals surface area (Å²) >= 11 is 6.25. The van der Waals surface area contributed by atoms with Crippen molar-refractivity contribution in [2.45, 2.75) is 58.1 Å². The van der Waals surface area contributed by atoms with E-state index in [1.807, 2.05) is 57.2 Å². The summed E-state index contributed by atoms with van der Waals surface area (Å²) < 4.78 is 5.70. The number of amides is 2. The lowest BCUT2D eigenvalue weighted by atomic mass is 9.71. The molecule has 2 unspecified atom stereocenters. The monoisotopic (exact) mass is 440 g/mol. The van der Waals surface area contributed by atoms with Crippen molar-refractivity contribution in [1.82, 2.24) is 4.90 Å². The highest BCUT2D eigenvalue weighted by Crippen LogP contribution is 2.54. The molecule has 0 aromatic heterocycles. The largest absolute Gasteiger partial charge is 0.444 e. The van der Waals surface area contributed by atoms with Crippen molar-refractivity contribution >= 4 is 35.0 Å². The first-order chi connectivity index (χ1) is 14.6. The zero-order valence-electron chi connectivity index (χ0n) is 18.7. The van der Waals surface area contributed by atoms with Gasteiger partial charge in [0.2, 0.25) is 5.91 Å². The van der Waals surface area contributed by atoms with Crippen molar-refractivity contribution in [3.8, 4) is 0 Å². The number of para-hydroxylation sites is 1. The molecule has 1 fully saturated rings. The molecule has 2 aromatic carbocycles. The van der Waals surface area contributed by atoms with Gasteiger partial charge in [-0.25, -0.2) is 4.79 Å². The maximum absolute atomic E-state index is 14.2. The van der Waals surface area contributed by atoms with Crippen LogP contribution in [0.2, 0.25) is 5.02 Å². The average Bonchev–Trinajstić information content (AvgIpc) is 3.19. The molecule has 4 rings (SSSR count). The molecular formula is C25H29ClN2O3. The first-order valence-corrected chi connectivity index (χ1v) is 11.1. The highest BCUT2D eigenvalue weighted by atomic mass is 35.5. The van der Waals surface area contributed by atoms with Crippen molar-refractivity contribution in [3.05, 3.63) is 59.1 Å². The summed E-state index contributed by atoms with van der Waals surface area (Å²) in [7, 11) is 0. The first-order valence-electron chi connectivity index (χ1n) is 10.8. The number of rotatable bonds is 2. The molecule has 0 saturated carbocycles. The zero-order chi connectivity index (χ0) is 22.6. The molecule has 1 spiro atoms. The van der Waals surface area contributed by atoms with E-state index in [0.717, 1.165) is 16.9 Å². The zero-order valence-corrected chi connectivity index (χ0v) is 19.4. The van der Waals surface area contributed by atoms with E-state index in [0.29, 0.717) is 18.0 Å². The fourth-order valence-corrected chi connectivity index (χ4v) is 5.36. The minimum absolute atomic E-state index is 0.0132. The Bertz CT molecular complexity index is 1030. The fraction of sp³-hybridized carbons (Fsp3) is 0.440. The second kappa shape index (κ2) is 7.56. The number of carbonyl (C=O) groups excluding carboxylic acids is 2. The number of ether oxygens (including phenoxy) is 1. The Morgan fingerprint density at radius 2 is 1.87 bits per heavy atom. The normalized spacial score (nSPS) is 23.1. The van der Waals surface area contributed by atoms with Gasteiger partial charge in [0.05, 0.1) is 22.8 Å². The van der Waals surface area contributed by atoms with E-state index < -0.39 is 11.0 Å². The molecule has 5 nitrogen and oxygen atoms in total. The van der Waals surface area contributed by atoms with Crippen molar-refractivity contribution in [1.29, 1.82) is 0 Å². The SMILES string of the molecule is CC(C)C1N(C(=O)OC(C)(C)C)CCC12C(=O)N(c1cccc(Cl)c1)c1ccccc12. The summed E-state index contributed by atoms with van der Waals surface area (Å²) in [5.74, 6) is 0.0482. The summed E-state index contributed by atoms with van der Waals surface area (Å²) in [5, 5.41) is 0.575. The second-order valence-electron chi connectivity index (χ2n) is 9.72. The number of benzene rings is 2. The Balaban J connectivity index is 1.84. The Labute approximate surface area is 188 Å². The summed E-state index contributed by atoms with van der Waals surface area (Å²) in [5.41, 5.74) is 1.14. The number of hydrogen-bond donors (Lipinski definition) is 0. The van der Waals surface area contributed by atoms with Crippen molar-refractivity contribution in [2.75, 3.05) is 11.4 Å². The van der Waals surface area contributed by atoms with Gasteiger partial charge in [0.25, 0.3) is 0 Å². The maximum atomic E-state index is 14.2. The van der Waals surface area contributed by atoms with Gasteiger partial charge >= 0.3 is 6.09 Å². The molecule has 0 bridgehead atoms. The van der Waals surface area contributed by atoms with Crippen LogP contribution >= 0.6 is 11.6 Å². The Kier molecular flexibility index (Phi) is 5.29. The number of anilines is 2. The van der Waals surface area contributed by atoms with E-state index in [4.69, 9.17) is 16.3 Å². The lowest BCUT2D eigenvalue weighted by Gasteiger charge is -2.37. The first kappa shape index (κ1) is 21.7. The molecule has 2 amide bonds. The smallest absolute Gasteiger partial charge is 0.410 e. The predicted octanol–water partition coefficient (Wildman–Crippen LogP) is 5.92. The number of likely N-dealkylation sites (tertiary alicyclic amines) is 1. The van der Waals surface area contributed by atoms with Crippen LogP contribution in [0.5, 0.6) is 0 Å². The molecule has 0 aliphatic carbocycles. The lowest BCUT2D eigenvalue weighted by molar-refractivity contribution is -0.123. The summed E-state index contributed by atoms with van der Waals surface area (Å²) in [6.45, 7) is 10.2. The van der Waals surface area contributed by atoms with Gasteiger partial charge in [0, 0.05) is 11.6 Å². The molecule has 31 heavy (non-hydrogen) atoms. The van der Waals surface area contributed by atoms with E-state index in [9.17, 15) is 9.59 Å². The van der Waals surface area contributed by atoms with Crippen LogP contribution in [0.4, 0.5) is 16.2 Å². The van der Waals surface area contributed by atoms with Crippen LogP contribution in [-0.2, 0) is 14.9 Å². The standard InChI is InChI=1S/C25H29ClN2O3/c1-16(2)21-25(13-14-27(21)23(30)31-24(3,4)5)19-11-6-7-12-20(19)28(22(25)29)18-10-8-9-17(26)15-18/h6-12,15-16,21H,13-14H2,1-5H3. The Morgan fingerprint density at radius 1 is 1.16 bits per heavy atom. The van der Waals surface area contributed by atoms with E-state index in [1.165, 1.54) is 0 Å². The van der Waals surface area contributed by atoms with Gasteiger partial charge in [-0.15, -0.1) is 0 Å². The molecule has 2 atom stereocenters. The second-order valence-corrected chi connectivity index (χ2v) is 10.2. The van der Waals surface area contributed by atoms with Crippen LogP contribution < -0.4 is 4.90 Å². The van der Waals surface area contributed by atoms with Crippen molar-refractivity contribution in [2.24, 2.45) is 5.92 Å². The van der Waals surface area contributed by atoms with Gasteiger partial charge in [-0.3, -0.25) is 9.69 Å². The average molecular weight is 441 g/mol. The number of halogens is 1. The van der Waals surface area contributed by atoms with E-state index >= 15 is 0 Å².